The van der Waals surface area contributed by atoms with Crippen molar-refractivity contribution in [2.45, 2.75) is 26.4 Å². The second kappa shape index (κ2) is 10.3. The zero-order chi connectivity index (χ0) is 25.9. The summed E-state index contributed by atoms with van der Waals surface area (Å²) in [5, 5.41) is 7.10. The van der Waals surface area contributed by atoms with Gasteiger partial charge in [0.15, 0.2) is 0 Å². The number of nitrogens with one attached hydrogen (secondary N) is 2. The van der Waals surface area contributed by atoms with Gasteiger partial charge in [0.05, 0.1) is 23.7 Å². The first-order chi connectivity index (χ1) is 17.9. The number of pyridine rings is 1. The summed E-state index contributed by atoms with van der Waals surface area (Å²) in [4.78, 5) is 27.9. The molecule has 3 aromatic heterocycles. The number of nitrogens with zero attached hydrogens (tertiary/aromatic N) is 3. The van der Waals surface area contributed by atoms with Crippen LogP contribution in [0.5, 0.6) is 0 Å². The number of amides is 1. The lowest BCUT2D eigenvalue weighted by atomic mass is 10.0. The van der Waals surface area contributed by atoms with Crippen LogP contribution in [0.4, 0.5) is 16.0 Å². The van der Waals surface area contributed by atoms with E-state index < -0.39 is 0 Å². The number of aromatic nitrogens is 3. The van der Waals surface area contributed by atoms with Crippen LogP contribution in [0.3, 0.4) is 0 Å². The fourth-order valence-corrected chi connectivity index (χ4v) is 5.00. The maximum Gasteiger partial charge on any atom is 0.255 e. The second-order valence-corrected chi connectivity index (χ2v) is 9.88. The highest BCUT2D eigenvalue weighted by Gasteiger charge is 2.17. The molecule has 1 amide bonds. The third kappa shape index (κ3) is 5.26. The molecule has 0 saturated carbocycles. The molecule has 37 heavy (non-hydrogen) atoms. The topological polar surface area (TPSA) is 106 Å². The van der Waals surface area contributed by atoms with Crippen molar-refractivity contribution < 1.29 is 9.18 Å². The Labute approximate surface area is 217 Å². The SMILES string of the molecule is Cc1cc([C@H](C)NC(=O)c2cccnc2NCc2ccc(-c3ccc4ncnc(N)c4c3)s2)ccc1F. The molecule has 0 unspecified atom stereocenters. The molecule has 0 fully saturated rings. The minimum atomic E-state index is -0.291. The molecule has 0 radical (unpaired) electrons. The maximum atomic E-state index is 13.6. The number of carbonyl (C=O) groups excluding carboxylic acids is 1. The molecule has 9 heteroatoms. The van der Waals surface area contributed by atoms with E-state index >= 15 is 0 Å². The number of anilines is 2. The fourth-order valence-electron chi connectivity index (χ4n) is 4.05. The molecule has 0 aliphatic rings. The van der Waals surface area contributed by atoms with Gasteiger partial charge in [-0.2, -0.15) is 0 Å². The van der Waals surface area contributed by atoms with Crippen molar-refractivity contribution >= 4 is 39.8 Å². The van der Waals surface area contributed by atoms with Crippen LogP contribution >= 0.6 is 11.3 Å². The first-order valence-electron chi connectivity index (χ1n) is 11.7. The standard InChI is InChI=1S/C28H25FN6OS/c1-16-12-18(5-8-23(16)29)17(2)35-28(36)21-4-3-11-31-27(21)32-14-20-7-10-25(37-20)19-6-9-24-22(13-19)26(30)34-15-33-24/h3-13,15,17H,14H2,1-2H3,(H,31,32)(H,35,36)(H2,30,33,34)/t17-/m0/s1. The van der Waals surface area contributed by atoms with E-state index in [1.807, 2.05) is 31.2 Å². The van der Waals surface area contributed by atoms with E-state index in [0.717, 1.165) is 31.8 Å². The Morgan fingerprint density at radius 3 is 2.78 bits per heavy atom. The van der Waals surface area contributed by atoms with Gasteiger partial charge in [0.1, 0.15) is 23.8 Å². The van der Waals surface area contributed by atoms with E-state index in [2.05, 4.69) is 31.7 Å². The molecule has 186 valence electrons. The Morgan fingerprint density at radius 1 is 1.08 bits per heavy atom. The predicted octanol–water partition coefficient (Wildman–Crippen LogP) is 5.89. The van der Waals surface area contributed by atoms with Gasteiger partial charge < -0.3 is 16.4 Å². The molecule has 5 rings (SSSR count). The number of nitrogens with two attached hydrogens (primary N) is 1. The Kier molecular flexibility index (Phi) is 6.78. The number of fused-ring (bicyclic) bond motifs is 1. The lowest BCUT2D eigenvalue weighted by Gasteiger charge is -2.17. The molecular weight excluding hydrogens is 487 g/mol. The minimum absolute atomic E-state index is 0.257. The number of carbonyl (C=O) groups is 1. The summed E-state index contributed by atoms with van der Waals surface area (Å²) in [7, 11) is 0. The number of rotatable bonds is 7. The van der Waals surface area contributed by atoms with Gasteiger partial charge in [0, 0.05) is 21.3 Å². The van der Waals surface area contributed by atoms with E-state index in [4.69, 9.17) is 5.73 Å². The molecule has 0 saturated heterocycles. The van der Waals surface area contributed by atoms with Gasteiger partial charge in [-0.15, -0.1) is 11.3 Å². The quantitative estimate of drug-likeness (QED) is 0.251. The summed E-state index contributed by atoms with van der Waals surface area (Å²) in [5.41, 5.74) is 9.67. The molecule has 0 spiro atoms. The largest absolute Gasteiger partial charge is 0.383 e. The third-order valence-corrected chi connectivity index (χ3v) is 7.26. The number of thiophene rings is 1. The Balaban J connectivity index is 1.28. The lowest BCUT2D eigenvalue weighted by Crippen LogP contribution is -2.27. The number of hydrogen-bond donors (Lipinski definition) is 3. The first-order valence-corrected chi connectivity index (χ1v) is 12.6. The van der Waals surface area contributed by atoms with E-state index in [1.54, 1.807) is 48.7 Å². The molecule has 5 aromatic rings. The van der Waals surface area contributed by atoms with Gasteiger partial charge in [-0.05, 0) is 73.0 Å². The summed E-state index contributed by atoms with van der Waals surface area (Å²) in [6.45, 7) is 4.08. The molecule has 3 heterocycles. The van der Waals surface area contributed by atoms with Crippen molar-refractivity contribution in [3.63, 3.8) is 0 Å². The fraction of sp³-hybridized carbons (Fsp3) is 0.143. The Morgan fingerprint density at radius 2 is 1.95 bits per heavy atom. The average molecular weight is 513 g/mol. The highest BCUT2D eigenvalue weighted by Crippen LogP contribution is 2.31. The summed E-state index contributed by atoms with van der Waals surface area (Å²) >= 11 is 1.64. The van der Waals surface area contributed by atoms with Gasteiger partial charge in [0.2, 0.25) is 0 Å². The van der Waals surface area contributed by atoms with Crippen LogP contribution in [0.15, 0.2) is 73.2 Å². The van der Waals surface area contributed by atoms with E-state index in [1.165, 1.54) is 12.4 Å². The van der Waals surface area contributed by atoms with Crippen molar-refractivity contribution in [1.82, 2.24) is 20.3 Å². The van der Waals surface area contributed by atoms with E-state index in [9.17, 15) is 9.18 Å². The highest BCUT2D eigenvalue weighted by atomic mass is 32.1. The predicted molar refractivity (Wildman–Crippen MR) is 146 cm³/mol. The highest BCUT2D eigenvalue weighted by molar-refractivity contribution is 7.15. The third-order valence-electron chi connectivity index (χ3n) is 6.12. The van der Waals surface area contributed by atoms with Crippen molar-refractivity contribution in [2.24, 2.45) is 0 Å². The molecule has 1 atom stereocenters. The molecule has 4 N–H and O–H groups in total. The average Bonchev–Trinajstić information content (AvgIpc) is 3.38. The zero-order valence-corrected chi connectivity index (χ0v) is 21.1. The maximum absolute atomic E-state index is 13.6. The van der Waals surface area contributed by atoms with Gasteiger partial charge in [-0.3, -0.25) is 4.79 Å². The number of halogens is 1. The summed E-state index contributed by atoms with van der Waals surface area (Å²) in [6, 6.07) is 18.1. The first kappa shape index (κ1) is 24.3. The molecule has 0 aliphatic carbocycles. The molecule has 7 nitrogen and oxygen atoms in total. The van der Waals surface area contributed by atoms with Gasteiger partial charge in [0.25, 0.3) is 5.91 Å². The summed E-state index contributed by atoms with van der Waals surface area (Å²) in [5.74, 6) is 0.424. The van der Waals surface area contributed by atoms with Crippen LogP contribution in [0, 0.1) is 12.7 Å². The van der Waals surface area contributed by atoms with E-state index in [0.29, 0.717) is 29.3 Å². The van der Waals surface area contributed by atoms with Crippen LogP contribution in [0.1, 0.15) is 39.3 Å². The molecule has 0 aliphatic heterocycles. The summed E-state index contributed by atoms with van der Waals surface area (Å²) < 4.78 is 13.6. The van der Waals surface area contributed by atoms with Gasteiger partial charge >= 0.3 is 0 Å². The number of aryl methyl sites for hydroxylation is 1. The van der Waals surface area contributed by atoms with Crippen LogP contribution in [-0.4, -0.2) is 20.9 Å². The van der Waals surface area contributed by atoms with E-state index in [-0.39, 0.29) is 17.8 Å². The molecular formula is C28H25FN6OS. The van der Waals surface area contributed by atoms with Crippen molar-refractivity contribution in [2.75, 3.05) is 11.1 Å². The van der Waals surface area contributed by atoms with Gasteiger partial charge in [-0.1, -0.05) is 18.2 Å². The summed E-state index contributed by atoms with van der Waals surface area (Å²) in [6.07, 6.45) is 3.11. The van der Waals surface area contributed by atoms with Crippen LogP contribution in [0.25, 0.3) is 21.3 Å². The Bertz CT molecular complexity index is 1600. The minimum Gasteiger partial charge on any atom is -0.383 e. The zero-order valence-electron chi connectivity index (χ0n) is 20.3. The molecule has 2 aromatic carbocycles. The normalized spacial score (nSPS) is 11.9. The number of benzene rings is 2. The smallest absolute Gasteiger partial charge is 0.255 e. The second-order valence-electron chi connectivity index (χ2n) is 8.71. The number of hydrogen-bond acceptors (Lipinski definition) is 7. The number of nitrogen functional groups attached to an aromatic ring is 1. The molecule has 0 bridgehead atoms. The van der Waals surface area contributed by atoms with Crippen molar-refractivity contribution in [3.05, 3.63) is 101 Å². The van der Waals surface area contributed by atoms with Crippen molar-refractivity contribution in [3.8, 4) is 10.4 Å². The lowest BCUT2D eigenvalue weighted by molar-refractivity contribution is 0.0940. The monoisotopic (exact) mass is 512 g/mol. The Hall–Kier alpha value is -4.37. The van der Waals surface area contributed by atoms with Crippen LogP contribution < -0.4 is 16.4 Å². The van der Waals surface area contributed by atoms with Crippen LogP contribution in [-0.2, 0) is 6.54 Å². The van der Waals surface area contributed by atoms with Crippen molar-refractivity contribution in [1.29, 1.82) is 0 Å². The van der Waals surface area contributed by atoms with Crippen LogP contribution in [0.2, 0.25) is 0 Å². The van der Waals surface area contributed by atoms with Gasteiger partial charge in [-0.25, -0.2) is 19.3 Å².